The maximum atomic E-state index is 6.27. The summed E-state index contributed by atoms with van der Waals surface area (Å²) < 4.78 is 0. The molecule has 0 bridgehead atoms. The lowest BCUT2D eigenvalue weighted by atomic mass is 10.1. The first-order valence-corrected chi connectivity index (χ1v) is 7.03. The fourth-order valence-corrected chi connectivity index (χ4v) is 2.33. The number of halogens is 1. The van der Waals surface area contributed by atoms with Crippen LogP contribution < -0.4 is 5.32 Å². The van der Waals surface area contributed by atoms with Gasteiger partial charge in [-0.1, -0.05) is 60.1 Å². The molecule has 0 aliphatic rings. The van der Waals surface area contributed by atoms with Crippen LogP contribution in [0.2, 0.25) is 5.02 Å². The Morgan fingerprint density at radius 2 is 1.62 bits per heavy atom. The van der Waals surface area contributed by atoms with Gasteiger partial charge in [-0.25, -0.2) is 9.97 Å². The molecule has 3 aromatic rings. The highest BCUT2D eigenvalue weighted by Gasteiger charge is 2.10. The zero-order chi connectivity index (χ0) is 14.7. The average Bonchev–Trinajstić information content (AvgIpc) is 2.55. The number of hydrogen-bond acceptors (Lipinski definition) is 3. The molecule has 21 heavy (non-hydrogen) atoms. The van der Waals surface area contributed by atoms with E-state index in [-0.39, 0.29) is 0 Å². The van der Waals surface area contributed by atoms with Gasteiger partial charge in [-0.3, -0.25) is 0 Å². The topological polar surface area (TPSA) is 37.8 Å². The second kappa shape index (κ2) is 5.94. The lowest BCUT2D eigenvalue weighted by Crippen LogP contribution is -1.99. The van der Waals surface area contributed by atoms with Crippen LogP contribution in [-0.2, 0) is 0 Å². The van der Waals surface area contributed by atoms with E-state index in [0.717, 1.165) is 22.6 Å². The molecule has 0 radical (unpaired) electrons. The molecule has 2 aromatic carbocycles. The summed E-state index contributed by atoms with van der Waals surface area (Å²) in [4.78, 5) is 9.16. The fraction of sp³-hybridized carbons (Fsp3) is 0.0588. The molecule has 0 saturated carbocycles. The zero-order valence-corrected chi connectivity index (χ0v) is 12.3. The third kappa shape index (κ3) is 2.88. The molecule has 3 rings (SSSR count). The molecule has 0 aliphatic carbocycles. The van der Waals surface area contributed by atoms with Crippen LogP contribution in [0.4, 0.5) is 5.82 Å². The monoisotopic (exact) mass is 295 g/mol. The van der Waals surface area contributed by atoms with E-state index in [1.54, 1.807) is 0 Å². The Bertz CT molecular complexity index is 757. The summed E-state index contributed by atoms with van der Waals surface area (Å²) in [5.41, 5.74) is 2.68. The Labute approximate surface area is 128 Å². The standard InChI is InChI=1S/C17H14ClN3/c1-19-16-11-15(13-9-5-6-10-14(13)18)20-17(21-16)12-7-3-2-4-8-12/h2-11H,1H3,(H,19,20,21). The Morgan fingerprint density at radius 1 is 0.905 bits per heavy atom. The summed E-state index contributed by atoms with van der Waals surface area (Å²) in [6.07, 6.45) is 0. The molecule has 4 heteroatoms. The molecule has 0 saturated heterocycles. The summed E-state index contributed by atoms with van der Waals surface area (Å²) >= 11 is 6.27. The third-order valence-corrected chi connectivity index (χ3v) is 3.49. The molecule has 1 N–H and O–H groups in total. The minimum Gasteiger partial charge on any atom is -0.373 e. The highest BCUT2D eigenvalue weighted by atomic mass is 35.5. The van der Waals surface area contributed by atoms with Crippen LogP contribution >= 0.6 is 11.6 Å². The number of nitrogens with one attached hydrogen (secondary N) is 1. The third-order valence-electron chi connectivity index (χ3n) is 3.16. The molecular weight excluding hydrogens is 282 g/mol. The molecule has 0 fully saturated rings. The summed E-state index contributed by atoms with van der Waals surface area (Å²) in [7, 11) is 1.84. The normalized spacial score (nSPS) is 10.4. The first kappa shape index (κ1) is 13.6. The molecular formula is C17H14ClN3. The van der Waals surface area contributed by atoms with Gasteiger partial charge in [0.2, 0.25) is 0 Å². The number of anilines is 1. The van der Waals surface area contributed by atoms with Gasteiger partial charge in [-0.2, -0.15) is 0 Å². The van der Waals surface area contributed by atoms with Gasteiger partial charge in [0.25, 0.3) is 0 Å². The molecule has 1 aromatic heterocycles. The Balaban J connectivity index is 2.17. The minimum atomic E-state index is 0.678. The van der Waals surface area contributed by atoms with Crippen LogP contribution in [0.3, 0.4) is 0 Å². The molecule has 0 unspecified atom stereocenters. The van der Waals surface area contributed by atoms with Crippen molar-refractivity contribution in [3.63, 3.8) is 0 Å². The number of aromatic nitrogens is 2. The van der Waals surface area contributed by atoms with Gasteiger partial charge in [0.1, 0.15) is 5.82 Å². The van der Waals surface area contributed by atoms with E-state index >= 15 is 0 Å². The van der Waals surface area contributed by atoms with Crippen LogP contribution in [0, 0.1) is 0 Å². The van der Waals surface area contributed by atoms with Crippen molar-refractivity contribution in [3.8, 4) is 22.6 Å². The van der Waals surface area contributed by atoms with Crippen molar-refractivity contribution in [3.05, 3.63) is 65.7 Å². The number of rotatable bonds is 3. The maximum absolute atomic E-state index is 6.27. The smallest absolute Gasteiger partial charge is 0.162 e. The van der Waals surface area contributed by atoms with Gasteiger partial charge in [0, 0.05) is 29.3 Å². The highest BCUT2D eigenvalue weighted by molar-refractivity contribution is 6.33. The number of benzene rings is 2. The van der Waals surface area contributed by atoms with Crippen molar-refractivity contribution < 1.29 is 0 Å². The predicted molar refractivity (Wildman–Crippen MR) is 87.5 cm³/mol. The van der Waals surface area contributed by atoms with Crippen LogP contribution in [-0.4, -0.2) is 17.0 Å². The van der Waals surface area contributed by atoms with Crippen LogP contribution in [0.5, 0.6) is 0 Å². The van der Waals surface area contributed by atoms with Crippen molar-refractivity contribution in [1.29, 1.82) is 0 Å². The first-order chi connectivity index (χ1) is 10.3. The lowest BCUT2D eigenvalue weighted by molar-refractivity contribution is 1.17. The molecule has 0 aliphatic heterocycles. The maximum Gasteiger partial charge on any atom is 0.162 e. The Morgan fingerprint density at radius 3 is 2.33 bits per heavy atom. The summed E-state index contributed by atoms with van der Waals surface area (Å²) in [6, 6.07) is 19.5. The van der Waals surface area contributed by atoms with Crippen LogP contribution in [0.25, 0.3) is 22.6 Å². The van der Waals surface area contributed by atoms with E-state index in [1.807, 2.05) is 67.7 Å². The highest BCUT2D eigenvalue weighted by Crippen LogP contribution is 2.29. The summed E-state index contributed by atoms with van der Waals surface area (Å²) in [5.74, 6) is 1.44. The minimum absolute atomic E-state index is 0.678. The summed E-state index contributed by atoms with van der Waals surface area (Å²) in [5, 5.41) is 3.75. The van der Waals surface area contributed by atoms with E-state index in [2.05, 4.69) is 15.3 Å². The summed E-state index contributed by atoms with van der Waals surface area (Å²) in [6.45, 7) is 0. The van der Waals surface area contributed by atoms with Gasteiger partial charge in [0.15, 0.2) is 5.82 Å². The van der Waals surface area contributed by atoms with Gasteiger partial charge in [-0.05, 0) is 6.07 Å². The molecule has 1 heterocycles. The zero-order valence-electron chi connectivity index (χ0n) is 11.5. The average molecular weight is 296 g/mol. The number of hydrogen-bond donors (Lipinski definition) is 1. The molecule has 0 spiro atoms. The van der Waals surface area contributed by atoms with Gasteiger partial charge in [-0.15, -0.1) is 0 Å². The molecule has 0 amide bonds. The quantitative estimate of drug-likeness (QED) is 0.773. The van der Waals surface area contributed by atoms with E-state index in [4.69, 9.17) is 11.6 Å². The SMILES string of the molecule is CNc1cc(-c2ccccc2Cl)nc(-c2ccccc2)n1. The van der Waals surface area contributed by atoms with E-state index in [0.29, 0.717) is 10.8 Å². The Kier molecular flexibility index (Phi) is 3.84. The van der Waals surface area contributed by atoms with Gasteiger partial charge >= 0.3 is 0 Å². The predicted octanol–water partition coefficient (Wildman–Crippen LogP) is 4.51. The van der Waals surface area contributed by atoms with Crippen LogP contribution in [0.1, 0.15) is 0 Å². The number of nitrogens with zero attached hydrogens (tertiary/aromatic N) is 2. The van der Waals surface area contributed by atoms with Gasteiger partial charge in [0.05, 0.1) is 5.69 Å². The molecule has 3 nitrogen and oxygen atoms in total. The lowest BCUT2D eigenvalue weighted by Gasteiger charge is -2.09. The van der Waals surface area contributed by atoms with Crippen molar-refractivity contribution in [2.75, 3.05) is 12.4 Å². The molecule has 0 atom stereocenters. The fourth-order valence-electron chi connectivity index (χ4n) is 2.10. The van der Waals surface area contributed by atoms with Crippen molar-refractivity contribution >= 4 is 17.4 Å². The second-order valence-electron chi connectivity index (χ2n) is 4.56. The first-order valence-electron chi connectivity index (χ1n) is 6.65. The Hall–Kier alpha value is -2.39. The van der Waals surface area contributed by atoms with Crippen molar-refractivity contribution in [2.45, 2.75) is 0 Å². The van der Waals surface area contributed by atoms with E-state index in [1.165, 1.54) is 0 Å². The second-order valence-corrected chi connectivity index (χ2v) is 4.97. The van der Waals surface area contributed by atoms with Gasteiger partial charge < -0.3 is 5.32 Å². The van der Waals surface area contributed by atoms with Crippen LogP contribution in [0.15, 0.2) is 60.7 Å². The van der Waals surface area contributed by atoms with Crippen molar-refractivity contribution in [1.82, 2.24) is 9.97 Å². The molecule has 104 valence electrons. The van der Waals surface area contributed by atoms with E-state index in [9.17, 15) is 0 Å². The van der Waals surface area contributed by atoms with Crippen molar-refractivity contribution in [2.24, 2.45) is 0 Å². The largest absolute Gasteiger partial charge is 0.373 e. The van der Waals surface area contributed by atoms with E-state index < -0.39 is 0 Å².